The molecule has 0 aliphatic rings. The van der Waals surface area contributed by atoms with Crippen LogP contribution < -0.4 is 5.32 Å². The summed E-state index contributed by atoms with van der Waals surface area (Å²) in [5.74, 6) is -1.22. The topological polar surface area (TPSA) is 95.1 Å². The fourth-order valence-electron chi connectivity index (χ4n) is 1.54. The van der Waals surface area contributed by atoms with E-state index in [0.29, 0.717) is 5.56 Å². The first-order chi connectivity index (χ1) is 8.47. The zero-order chi connectivity index (χ0) is 13.3. The Morgan fingerprint density at radius 1 is 1.39 bits per heavy atom. The highest BCUT2D eigenvalue weighted by atomic mass is 32.1. The first-order valence-electron chi connectivity index (χ1n) is 5.14. The summed E-state index contributed by atoms with van der Waals surface area (Å²) in [6.45, 7) is 3.78. The van der Waals surface area contributed by atoms with E-state index in [1.54, 1.807) is 6.07 Å². The summed E-state index contributed by atoms with van der Waals surface area (Å²) in [7, 11) is 0. The van der Waals surface area contributed by atoms with Crippen molar-refractivity contribution in [3.63, 3.8) is 0 Å². The van der Waals surface area contributed by atoms with Gasteiger partial charge in [0.25, 0.3) is 5.91 Å². The van der Waals surface area contributed by atoms with Gasteiger partial charge in [-0.25, -0.2) is 4.79 Å². The van der Waals surface area contributed by atoms with Gasteiger partial charge in [0, 0.05) is 15.8 Å². The molecule has 18 heavy (non-hydrogen) atoms. The number of amides is 1. The number of thiophene rings is 1. The maximum Gasteiger partial charge on any atom is 0.353 e. The van der Waals surface area contributed by atoms with Crippen LogP contribution in [0.3, 0.4) is 0 Å². The largest absolute Gasteiger partial charge is 0.477 e. The van der Waals surface area contributed by atoms with Crippen molar-refractivity contribution >= 4 is 29.0 Å². The monoisotopic (exact) mass is 265 g/mol. The van der Waals surface area contributed by atoms with Gasteiger partial charge in [-0.05, 0) is 19.9 Å². The third-order valence-electron chi connectivity index (χ3n) is 2.34. The third kappa shape index (κ3) is 2.40. The predicted molar refractivity (Wildman–Crippen MR) is 67.3 cm³/mol. The van der Waals surface area contributed by atoms with Crippen LogP contribution in [-0.4, -0.2) is 27.2 Å². The minimum Gasteiger partial charge on any atom is -0.477 e. The number of hydrogen-bond donors (Lipinski definition) is 3. The lowest BCUT2D eigenvalue weighted by Gasteiger charge is -1.99. The number of aromatic nitrogens is 2. The molecule has 0 fully saturated rings. The van der Waals surface area contributed by atoms with Crippen molar-refractivity contribution in [3.05, 3.63) is 33.1 Å². The van der Waals surface area contributed by atoms with Crippen LogP contribution in [0.1, 0.15) is 30.6 Å². The minimum absolute atomic E-state index is 0.0662. The molecule has 2 aromatic rings. The van der Waals surface area contributed by atoms with Gasteiger partial charge in [-0.2, -0.15) is 5.10 Å². The van der Waals surface area contributed by atoms with Crippen molar-refractivity contribution in [1.82, 2.24) is 10.2 Å². The number of aryl methyl sites for hydroxylation is 2. The van der Waals surface area contributed by atoms with Crippen LogP contribution in [0.15, 0.2) is 12.1 Å². The predicted octanol–water partition coefficient (Wildman–Crippen LogP) is 2.04. The molecule has 0 saturated carbocycles. The molecule has 0 bridgehead atoms. The molecule has 7 heteroatoms. The Labute approximate surface area is 107 Å². The summed E-state index contributed by atoms with van der Waals surface area (Å²) in [6, 6.07) is 3.06. The standard InChI is InChI=1S/C11H11N3O3S/c1-5-3-7(6(2)18-5)10(15)12-9-4-8(11(16)17)13-14-9/h3-4H,1-2H3,(H,16,17)(H2,12,13,14,15). The molecule has 0 aliphatic carbocycles. The molecule has 1 amide bonds. The molecule has 0 aliphatic heterocycles. The number of nitrogens with zero attached hydrogens (tertiary/aromatic N) is 1. The molecule has 2 rings (SSSR count). The van der Waals surface area contributed by atoms with E-state index < -0.39 is 5.97 Å². The second-order valence-electron chi connectivity index (χ2n) is 3.75. The van der Waals surface area contributed by atoms with Gasteiger partial charge < -0.3 is 10.4 Å². The number of anilines is 1. The summed E-state index contributed by atoms with van der Waals surface area (Å²) in [6.07, 6.45) is 0. The molecule has 0 aromatic carbocycles. The Kier molecular flexibility index (Phi) is 3.15. The number of carboxylic acid groups (broad SMARTS) is 1. The molecule has 94 valence electrons. The van der Waals surface area contributed by atoms with E-state index >= 15 is 0 Å². The molecule has 2 heterocycles. The van der Waals surface area contributed by atoms with Crippen molar-refractivity contribution in [3.8, 4) is 0 Å². The summed E-state index contributed by atoms with van der Waals surface area (Å²) >= 11 is 1.54. The van der Waals surface area contributed by atoms with Crippen molar-refractivity contribution < 1.29 is 14.7 Å². The van der Waals surface area contributed by atoms with Gasteiger partial charge in [-0.3, -0.25) is 9.89 Å². The highest BCUT2D eigenvalue weighted by Gasteiger charge is 2.14. The van der Waals surface area contributed by atoms with E-state index in [4.69, 9.17) is 5.11 Å². The lowest BCUT2D eigenvalue weighted by molar-refractivity contribution is 0.0690. The number of hydrogen-bond acceptors (Lipinski definition) is 4. The van der Waals surface area contributed by atoms with Gasteiger partial charge in [-0.1, -0.05) is 0 Å². The molecular weight excluding hydrogens is 254 g/mol. The molecule has 3 N–H and O–H groups in total. The van der Waals surface area contributed by atoms with Crippen LogP contribution in [0, 0.1) is 13.8 Å². The molecular formula is C11H11N3O3S. The molecule has 0 atom stereocenters. The maximum atomic E-state index is 11.9. The first kappa shape index (κ1) is 12.3. The van der Waals surface area contributed by atoms with Crippen molar-refractivity contribution in [1.29, 1.82) is 0 Å². The smallest absolute Gasteiger partial charge is 0.353 e. The minimum atomic E-state index is -1.12. The third-order valence-corrected chi connectivity index (χ3v) is 3.30. The fourth-order valence-corrected chi connectivity index (χ4v) is 2.46. The van der Waals surface area contributed by atoms with Crippen LogP contribution in [0.4, 0.5) is 5.82 Å². The number of aromatic amines is 1. The Morgan fingerprint density at radius 3 is 2.61 bits per heavy atom. The molecule has 0 radical (unpaired) electrons. The molecule has 0 saturated heterocycles. The van der Waals surface area contributed by atoms with Crippen LogP contribution in [0.5, 0.6) is 0 Å². The van der Waals surface area contributed by atoms with Gasteiger partial charge in [0.05, 0.1) is 5.56 Å². The van der Waals surface area contributed by atoms with Crippen LogP contribution in [-0.2, 0) is 0 Å². The molecule has 0 spiro atoms. The number of H-pyrrole nitrogens is 1. The number of nitrogens with one attached hydrogen (secondary N) is 2. The fraction of sp³-hybridized carbons (Fsp3) is 0.182. The Bertz CT molecular complexity index is 615. The van der Waals surface area contributed by atoms with Gasteiger partial charge in [-0.15, -0.1) is 11.3 Å². The summed E-state index contributed by atoms with van der Waals surface area (Å²) in [5, 5.41) is 17.3. The Balaban J connectivity index is 2.16. The lowest BCUT2D eigenvalue weighted by Crippen LogP contribution is -2.12. The second-order valence-corrected chi connectivity index (χ2v) is 5.21. The van der Waals surface area contributed by atoms with E-state index in [9.17, 15) is 9.59 Å². The number of aromatic carboxylic acids is 1. The number of carbonyl (C=O) groups excluding carboxylic acids is 1. The van der Waals surface area contributed by atoms with Gasteiger partial charge in [0.1, 0.15) is 5.69 Å². The van der Waals surface area contributed by atoms with Crippen molar-refractivity contribution in [2.45, 2.75) is 13.8 Å². The number of carboxylic acids is 1. The van der Waals surface area contributed by atoms with E-state index in [0.717, 1.165) is 9.75 Å². The number of rotatable bonds is 3. The summed E-state index contributed by atoms with van der Waals surface area (Å²) in [4.78, 5) is 24.5. The van der Waals surface area contributed by atoms with Gasteiger partial charge >= 0.3 is 5.97 Å². The zero-order valence-corrected chi connectivity index (χ0v) is 10.6. The van der Waals surface area contributed by atoms with Crippen LogP contribution in [0.2, 0.25) is 0 Å². The maximum absolute atomic E-state index is 11.9. The molecule has 6 nitrogen and oxygen atoms in total. The van der Waals surface area contributed by atoms with Gasteiger partial charge in [0.2, 0.25) is 0 Å². The van der Waals surface area contributed by atoms with Crippen LogP contribution >= 0.6 is 11.3 Å². The second kappa shape index (κ2) is 4.61. The SMILES string of the molecule is Cc1cc(C(=O)Nc2cc(C(=O)O)[nH]n2)c(C)s1. The highest BCUT2D eigenvalue weighted by Crippen LogP contribution is 2.21. The van der Waals surface area contributed by atoms with E-state index in [2.05, 4.69) is 15.5 Å². The van der Waals surface area contributed by atoms with Gasteiger partial charge in [0.15, 0.2) is 5.82 Å². The normalized spacial score (nSPS) is 10.3. The van der Waals surface area contributed by atoms with E-state index in [1.807, 2.05) is 13.8 Å². The molecule has 2 aromatic heterocycles. The number of carbonyl (C=O) groups is 2. The first-order valence-corrected chi connectivity index (χ1v) is 5.96. The van der Waals surface area contributed by atoms with Crippen molar-refractivity contribution in [2.75, 3.05) is 5.32 Å². The Morgan fingerprint density at radius 2 is 2.11 bits per heavy atom. The van der Waals surface area contributed by atoms with Crippen LogP contribution in [0.25, 0.3) is 0 Å². The quantitative estimate of drug-likeness (QED) is 0.791. The zero-order valence-electron chi connectivity index (χ0n) is 9.77. The molecule has 0 unspecified atom stereocenters. The lowest BCUT2D eigenvalue weighted by atomic mass is 10.2. The summed E-state index contributed by atoms with van der Waals surface area (Å²) in [5.41, 5.74) is 0.515. The van der Waals surface area contributed by atoms with Crippen molar-refractivity contribution in [2.24, 2.45) is 0 Å². The Hall–Kier alpha value is -2.15. The average Bonchev–Trinajstić information content (AvgIpc) is 2.85. The highest BCUT2D eigenvalue weighted by molar-refractivity contribution is 7.12. The van der Waals surface area contributed by atoms with E-state index in [1.165, 1.54) is 17.4 Å². The average molecular weight is 265 g/mol. The summed E-state index contributed by atoms with van der Waals surface area (Å²) < 4.78 is 0. The van der Waals surface area contributed by atoms with E-state index in [-0.39, 0.29) is 17.4 Å².